The van der Waals surface area contributed by atoms with Crippen LogP contribution in [0.4, 0.5) is 0 Å². The van der Waals surface area contributed by atoms with E-state index in [4.69, 9.17) is 4.74 Å². The highest BCUT2D eigenvalue weighted by atomic mass is 16.5. The second-order valence-electron chi connectivity index (χ2n) is 9.08. The zero-order valence-corrected chi connectivity index (χ0v) is 21.1. The van der Waals surface area contributed by atoms with Gasteiger partial charge in [0.05, 0.1) is 6.61 Å². The second kappa shape index (κ2) is 11.1. The zero-order chi connectivity index (χ0) is 26.5. The van der Waals surface area contributed by atoms with E-state index in [-0.39, 0.29) is 11.9 Å². The van der Waals surface area contributed by atoms with E-state index in [1.807, 2.05) is 128 Å². The summed E-state index contributed by atoms with van der Waals surface area (Å²) >= 11 is 0. The molecule has 0 saturated heterocycles. The molecule has 0 aliphatic heterocycles. The van der Waals surface area contributed by atoms with Gasteiger partial charge < -0.3 is 9.84 Å². The van der Waals surface area contributed by atoms with Gasteiger partial charge in [-0.15, -0.1) is 0 Å². The molecule has 0 fully saturated rings. The number of rotatable bonds is 7. The van der Waals surface area contributed by atoms with Gasteiger partial charge in [0.15, 0.2) is 0 Å². The van der Waals surface area contributed by atoms with E-state index in [9.17, 15) is 14.7 Å². The lowest BCUT2D eigenvalue weighted by molar-refractivity contribution is -0.143. The first-order valence-corrected chi connectivity index (χ1v) is 12.7. The number of benzene rings is 4. The SMILES string of the molecule is CCOC(=O)C1C(c2ccccc2)=C1c1ccccc1.O=C(O)C1C(c2ccccc2)=C1c1ccccc1. The Kier molecular flexibility index (Phi) is 7.32. The predicted molar refractivity (Wildman–Crippen MR) is 151 cm³/mol. The predicted octanol–water partition coefficient (Wildman–Crippen LogP) is 7.10. The molecular weight excluding hydrogens is 472 g/mol. The third kappa shape index (κ3) is 5.21. The Morgan fingerprint density at radius 2 is 0.842 bits per heavy atom. The minimum absolute atomic E-state index is 0.148. The van der Waals surface area contributed by atoms with Gasteiger partial charge in [-0.2, -0.15) is 0 Å². The summed E-state index contributed by atoms with van der Waals surface area (Å²) < 4.78 is 5.19. The topological polar surface area (TPSA) is 63.6 Å². The number of carbonyl (C=O) groups excluding carboxylic acids is 1. The molecule has 0 atom stereocenters. The van der Waals surface area contributed by atoms with Crippen LogP contribution in [0.15, 0.2) is 121 Å². The summed E-state index contributed by atoms with van der Waals surface area (Å²) in [4.78, 5) is 23.4. The van der Waals surface area contributed by atoms with Crippen LogP contribution in [-0.2, 0) is 14.3 Å². The van der Waals surface area contributed by atoms with E-state index in [0.29, 0.717) is 6.61 Å². The number of esters is 1. The lowest BCUT2D eigenvalue weighted by atomic mass is 10.1. The third-order valence-corrected chi connectivity index (χ3v) is 6.68. The van der Waals surface area contributed by atoms with Crippen molar-refractivity contribution in [2.75, 3.05) is 6.61 Å². The fourth-order valence-corrected chi connectivity index (χ4v) is 4.91. The molecule has 188 valence electrons. The van der Waals surface area contributed by atoms with Gasteiger partial charge in [0.1, 0.15) is 11.8 Å². The van der Waals surface area contributed by atoms with Gasteiger partial charge in [0.2, 0.25) is 0 Å². The number of hydrogen-bond acceptors (Lipinski definition) is 3. The molecule has 1 N–H and O–H groups in total. The van der Waals surface area contributed by atoms with Crippen LogP contribution < -0.4 is 0 Å². The highest BCUT2D eigenvalue weighted by molar-refractivity contribution is 6.22. The van der Waals surface area contributed by atoms with Gasteiger partial charge in [-0.25, -0.2) is 0 Å². The molecule has 6 rings (SSSR count). The minimum atomic E-state index is -0.771. The highest BCUT2D eigenvalue weighted by Gasteiger charge is 2.45. The van der Waals surface area contributed by atoms with Crippen molar-refractivity contribution in [3.8, 4) is 0 Å². The molecule has 0 bridgehead atoms. The molecule has 4 nitrogen and oxygen atoms in total. The van der Waals surface area contributed by atoms with Crippen molar-refractivity contribution in [2.24, 2.45) is 11.8 Å². The molecule has 4 heteroatoms. The average molecular weight is 501 g/mol. The van der Waals surface area contributed by atoms with Crippen molar-refractivity contribution in [1.29, 1.82) is 0 Å². The first-order chi connectivity index (χ1) is 18.6. The molecule has 0 amide bonds. The molecule has 0 spiro atoms. The van der Waals surface area contributed by atoms with Crippen LogP contribution in [0.25, 0.3) is 22.3 Å². The van der Waals surface area contributed by atoms with Gasteiger partial charge in [-0.3, -0.25) is 9.59 Å². The molecule has 4 aromatic carbocycles. The maximum absolute atomic E-state index is 12.1. The molecule has 4 aromatic rings. The maximum Gasteiger partial charge on any atom is 0.317 e. The summed E-state index contributed by atoms with van der Waals surface area (Å²) in [6, 6.07) is 39.5. The van der Waals surface area contributed by atoms with Crippen molar-refractivity contribution in [3.05, 3.63) is 144 Å². The Morgan fingerprint density at radius 3 is 1.11 bits per heavy atom. The van der Waals surface area contributed by atoms with Crippen molar-refractivity contribution >= 4 is 34.2 Å². The Bertz CT molecular complexity index is 1390. The van der Waals surface area contributed by atoms with Gasteiger partial charge in [0, 0.05) is 0 Å². The number of ether oxygens (including phenoxy) is 1. The van der Waals surface area contributed by atoms with Crippen LogP contribution in [-0.4, -0.2) is 23.7 Å². The van der Waals surface area contributed by atoms with E-state index >= 15 is 0 Å². The minimum Gasteiger partial charge on any atom is -0.481 e. The van der Waals surface area contributed by atoms with Crippen molar-refractivity contribution in [2.45, 2.75) is 6.92 Å². The summed E-state index contributed by atoms with van der Waals surface area (Å²) in [5.41, 5.74) is 8.27. The van der Waals surface area contributed by atoms with Gasteiger partial charge in [0.25, 0.3) is 0 Å². The van der Waals surface area contributed by atoms with E-state index in [1.165, 1.54) is 0 Å². The van der Waals surface area contributed by atoms with Gasteiger partial charge in [-0.1, -0.05) is 121 Å². The summed E-state index contributed by atoms with van der Waals surface area (Å²) in [7, 11) is 0. The Morgan fingerprint density at radius 1 is 0.553 bits per heavy atom. The Labute approximate surface area is 222 Å². The second-order valence-corrected chi connectivity index (χ2v) is 9.08. The first kappa shape index (κ1) is 25.0. The van der Waals surface area contributed by atoms with E-state index in [1.54, 1.807) is 0 Å². The number of carbonyl (C=O) groups is 2. The molecular formula is C34H28O4. The standard InChI is InChI=1S/C18H16O2.C16H12O2/c1-2-20-18(19)17-15(13-9-5-3-6-10-13)16(17)14-11-7-4-8-12-14;17-16(18)15-13(11-7-3-1-4-8-11)14(15)12-9-5-2-6-10-12/h3-12,17H,2H2,1H3;1-10,15H,(H,17,18). The zero-order valence-electron chi connectivity index (χ0n) is 21.1. The fourth-order valence-electron chi connectivity index (χ4n) is 4.91. The number of aliphatic carboxylic acids is 1. The van der Waals surface area contributed by atoms with Crippen molar-refractivity contribution < 1.29 is 19.4 Å². The molecule has 2 aliphatic rings. The molecule has 0 aromatic heterocycles. The summed E-state index contributed by atoms with van der Waals surface area (Å²) in [6.45, 7) is 2.25. The maximum atomic E-state index is 12.1. The van der Waals surface area contributed by atoms with Crippen molar-refractivity contribution in [3.63, 3.8) is 0 Å². The van der Waals surface area contributed by atoms with E-state index < -0.39 is 11.9 Å². The van der Waals surface area contributed by atoms with Gasteiger partial charge in [-0.05, 0) is 51.5 Å². The Hall–Kier alpha value is -4.70. The van der Waals surface area contributed by atoms with Gasteiger partial charge >= 0.3 is 11.9 Å². The van der Waals surface area contributed by atoms with Crippen LogP contribution in [0.3, 0.4) is 0 Å². The summed E-state index contributed by atoms with van der Waals surface area (Å²) in [6.07, 6.45) is 0. The van der Waals surface area contributed by atoms with Crippen LogP contribution in [0.2, 0.25) is 0 Å². The number of carboxylic acid groups (broad SMARTS) is 1. The van der Waals surface area contributed by atoms with Crippen LogP contribution in [0, 0.1) is 11.8 Å². The van der Waals surface area contributed by atoms with Crippen molar-refractivity contribution in [1.82, 2.24) is 0 Å². The molecule has 2 aliphatic carbocycles. The number of hydrogen-bond donors (Lipinski definition) is 1. The lowest BCUT2D eigenvalue weighted by Crippen LogP contribution is -2.09. The Balaban J connectivity index is 0.000000156. The summed E-state index contributed by atoms with van der Waals surface area (Å²) in [5.74, 6) is -1.58. The molecule has 0 unspecified atom stereocenters. The van der Waals surface area contributed by atoms with Crippen LogP contribution in [0.1, 0.15) is 29.2 Å². The largest absolute Gasteiger partial charge is 0.481 e. The van der Waals surface area contributed by atoms with E-state index in [2.05, 4.69) is 0 Å². The third-order valence-electron chi connectivity index (χ3n) is 6.68. The van der Waals surface area contributed by atoms with Crippen LogP contribution in [0.5, 0.6) is 0 Å². The highest BCUT2D eigenvalue weighted by Crippen LogP contribution is 2.54. The molecule has 0 saturated carbocycles. The average Bonchev–Trinajstić information content (AvgIpc) is 3.88. The smallest absolute Gasteiger partial charge is 0.317 e. The summed E-state index contributed by atoms with van der Waals surface area (Å²) in [5, 5.41) is 9.28. The lowest BCUT2D eigenvalue weighted by Gasteiger charge is -2.02. The molecule has 38 heavy (non-hydrogen) atoms. The normalized spacial score (nSPS) is 14.4. The fraction of sp³-hybridized carbons (Fsp3) is 0.118. The number of carboxylic acids is 1. The van der Waals surface area contributed by atoms with E-state index in [0.717, 1.165) is 44.5 Å². The first-order valence-electron chi connectivity index (χ1n) is 12.7. The molecule has 0 radical (unpaired) electrons. The monoisotopic (exact) mass is 500 g/mol. The quantitative estimate of drug-likeness (QED) is 0.275. The van der Waals surface area contributed by atoms with Crippen LogP contribution >= 0.6 is 0 Å². The molecule has 0 heterocycles.